The van der Waals surface area contributed by atoms with E-state index in [9.17, 15) is 9.90 Å². The zero-order valence-electron chi connectivity index (χ0n) is 12.9. The Morgan fingerprint density at radius 2 is 2.17 bits per heavy atom. The summed E-state index contributed by atoms with van der Waals surface area (Å²) >= 11 is 0.891. The molecule has 0 aliphatic rings. The maximum absolute atomic E-state index is 11.4. The van der Waals surface area contributed by atoms with Crippen LogP contribution >= 0.6 is 11.8 Å². The molecule has 0 unspecified atom stereocenters. The summed E-state index contributed by atoms with van der Waals surface area (Å²) in [6, 6.07) is 5.17. The first-order chi connectivity index (χ1) is 11.0. The molecule has 23 heavy (non-hydrogen) atoms. The molecule has 1 N–H and O–H groups in total. The molecule has 1 aromatic carbocycles. The van der Waals surface area contributed by atoms with Crippen molar-refractivity contribution in [2.24, 2.45) is 0 Å². The van der Waals surface area contributed by atoms with E-state index >= 15 is 0 Å². The number of aliphatic carboxylic acids is 1. The van der Waals surface area contributed by atoms with Crippen LogP contribution in [0.4, 0.5) is 0 Å². The molecule has 2 rings (SSSR count). The van der Waals surface area contributed by atoms with Crippen LogP contribution in [-0.2, 0) is 4.79 Å². The van der Waals surface area contributed by atoms with Gasteiger partial charge in [-0.2, -0.15) is 0 Å². The van der Waals surface area contributed by atoms with Crippen molar-refractivity contribution in [3.63, 3.8) is 0 Å². The molecular formula is C15H16N2O5S. The molecule has 0 bridgehead atoms. The maximum atomic E-state index is 11.4. The maximum Gasteiger partial charge on any atom is 0.342 e. The molecule has 0 amide bonds. The van der Waals surface area contributed by atoms with E-state index in [0.717, 1.165) is 11.8 Å². The predicted molar refractivity (Wildman–Crippen MR) is 84.7 cm³/mol. The summed E-state index contributed by atoms with van der Waals surface area (Å²) in [4.78, 5) is 11.5. The molecule has 0 saturated carbocycles. The molecule has 0 atom stereocenters. The minimum Gasteiger partial charge on any atom is -0.493 e. The second-order valence-electron chi connectivity index (χ2n) is 4.35. The first-order valence-corrected chi connectivity index (χ1v) is 7.59. The standard InChI is InChI=1S/C15H16N2O5S/c1-4-21-12-7-10(5-6-11(12)20-3)8-13(14(18)19)23-15-17-16-9(2)22-15/h5-8H,4H2,1-3H3,(H,18,19)/b13-8-. The molecule has 122 valence electrons. The minimum atomic E-state index is -1.08. The van der Waals surface area contributed by atoms with E-state index in [2.05, 4.69) is 10.2 Å². The molecule has 0 spiro atoms. The number of rotatable bonds is 7. The number of hydrogen-bond donors (Lipinski definition) is 1. The number of thioether (sulfide) groups is 1. The fourth-order valence-electron chi connectivity index (χ4n) is 1.75. The number of methoxy groups -OCH3 is 1. The van der Waals surface area contributed by atoms with E-state index < -0.39 is 5.97 Å². The molecule has 1 aromatic heterocycles. The Balaban J connectivity index is 2.31. The van der Waals surface area contributed by atoms with Gasteiger partial charge in [-0.1, -0.05) is 6.07 Å². The Kier molecular flexibility index (Phi) is 5.64. The zero-order valence-corrected chi connectivity index (χ0v) is 13.7. The lowest BCUT2D eigenvalue weighted by atomic mass is 10.2. The Hall–Kier alpha value is -2.48. The summed E-state index contributed by atoms with van der Waals surface area (Å²) in [6.45, 7) is 3.97. The van der Waals surface area contributed by atoms with Gasteiger partial charge in [0.2, 0.25) is 5.89 Å². The summed E-state index contributed by atoms with van der Waals surface area (Å²) in [5.41, 5.74) is 0.662. The van der Waals surface area contributed by atoms with Gasteiger partial charge < -0.3 is 19.0 Å². The summed E-state index contributed by atoms with van der Waals surface area (Å²) in [6.07, 6.45) is 1.51. The van der Waals surface area contributed by atoms with Crippen LogP contribution in [0.25, 0.3) is 6.08 Å². The fraction of sp³-hybridized carbons (Fsp3) is 0.267. The van der Waals surface area contributed by atoms with Crippen LogP contribution in [0.3, 0.4) is 0 Å². The number of nitrogens with zero attached hydrogens (tertiary/aromatic N) is 2. The molecule has 0 radical (unpaired) electrons. The Labute approximate surface area is 137 Å². The quantitative estimate of drug-likeness (QED) is 0.609. The van der Waals surface area contributed by atoms with Crippen molar-refractivity contribution in [1.29, 1.82) is 0 Å². The van der Waals surface area contributed by atoms with Crippen molar-refractivity contribution in [1.82, 2.24) is 10.2 Å². The second kappa shape index (κ2) is 7.68. The van der Waals surface area contributed by atoms with E-state index in [1.54, 1.807) is 32.2 Å². The van der Waals surface area contributed by atoms with Gasteiger partial charge in [-0.15, -0.1) is 10.2 Å². The van der Waals surface area contributed by atoms with Crippen molar-refractivity contribution < 1.29 is 23.8 Å². The average molecular weight is 336 g/mol. The summed E-state index contributed by atoms with van der Waals surface area (Å²) in [5.74, 6) is 0.424. The van der Waals surface area contributed by atoms with E-state index in [1.165, 1.54) is 6.08 Å². The van der Waals surface area contributed by atoms with Gasteiger partial charge in [-0.3, -0.25) is 0 Å². The van der Waals surface area contributed by atoms with Crippen LogP contribution in [0, 0.1) is 6.92 Å². The molecule has 0 saturated heterocycles. The number of carboxylic acid groups (broad SMARTS) is 1. The summed E-state index contributed by atoms with van der Waals surface area (Å²) < 4.78 is 15.9. The largest absolute Gasteiger partial charge is 0.493 e. The molecular weight excluding hydrogens is 320 g/mol. The van der Waals surface area contributed by atoms with Gasteiger partial charge in [0, 0.05) is 6.92 Å². The van der Waals surface area contributed by atoms with Crippen LogP contribution in [-0.4, -0.2) is 35.0 Å². The van der Waals surface area contributed by atoms with Crippen molar-refractivity contribution in [2.45, 2.75) is 19.1 Å². The molecule has 0 aliphatic carbocycles. The molecule has 2 aromatic rings. The highest BCUT2D eigenvalue weighted by Crippen LogP contribution is 2.31. The lowest BCUT2D eigenvalue weighted by Gasteiger charge is -2.10. The number of carbonyl (C=O) groups is 1. The monoisotopic (exact) mass is 336 g/mol. The Morgan fingerprint density at radius 3 is 2.74 bits per heavy atom. The van der Waals surface area contributed by atoms with Gasteiger partial charge in [-0.05, 0) is 42.5 Å². The van der Waals surface area contributed by atoms with Gasteiger partial charge in [-0.25, -0.2) is 4.79 Å². The van der Waals surface area contributed by atoms with Crippen molar-refractivity contribution in [3.8, 4) is 11.5 Å². The Morgan fingerprint density at radius 1 is 1.39 bits per heavy atom. The van der Waals surface area contributed by atoms with Crippen LogP contribution in [0.2, 0.25) is 0 Å². The molecule has 8 heteroatoms. The highest BCUT2D eigenvalue weighted by atomic mass is 32.2. The molecule has 0 aliphatic heterocycles. The highest BCUT2D eigenvalue weighted by Gasteiger charge is 2.15. The van der Waals surface area contributed by atoms with Gasteiger partial charge in [0.15, 0.2) is 11.5 Å². The smallest absolute Gasteiger partial charge is 0.342 e. The van der Waals surface area contributed by atoms with Gasteiger partial charge in [0.1, 0.15) is 4.91 Å². The van der Waals surface area contributed by atoms with Crippen LogP contribution < -0.4 is 9.47 Å². The van der Waals surface area contributed by atoms with E-state index in [0.29, 0.717) is 29.6 Å². The lowest BCUT2D eigenvalue weighted by molar-refractivity contribution is -0.131. The van der Waals surface area contributed by atoms with E-state index in [4.69, 9.17) is 13.9 Å². The Bertz CT molecular complexity index is 726. The van der Waals surface area contributed by atoms with Crippen molar-refractivity contribution >= 4 is 23.8 Å². The van der Waals surface area contributed by atoms with Crippen molar-refractivity contribution in [3.05, 3.63) is 34.6 Å². The third-order valence-corrected chi connectivity index (χ3v) is 3.55. The summed E-state index contributed by atoms with van der Waals surface area (Å²) in [5, 5.41) is 17.0. The van der Waals surface area contributed by atoms with Crippen LogP contribution in [0.5, 0.6) is 11.5 Å². The topological polar surface area (TPSA) is 94.7 Å². The molecule has 7 nitrogen and oxygen atoms in total. The van der Waals surface area contributed by atoms with E-state index in [-0.39, 0.29) is 10.1 Å². The number of ether oxygens (including phenoxy) is 2. The summed E-state index contributed by atoms with van der Waals surface area (Å²) in [7, 11) is 1.55. The fourth-order valence-corrected chi connectivity index (χ4v) is 2.47. The first kappa shape index (κ1) is 16.9. The molecule has 0 fully saturated rings. The lowest BCUT2D eigenvalue weighted by Crippen LogP contribution is -1.98. The number of aryl methyl sites for hydroxylation is 1. The van der Waals surface area contributed by atoms with Gasteiger partial charge in [0.25, 0.3) is 5.22 Å². The number of carboxylic acids is 1. The number of aromatic nitrogens is 2. The second-order valence-corrected chi connectivity index (χ2v) is 5.34. The highest BCUT2D eigenvalue weighted by molar-refractivity contribution is 8.03. The normalized spacial score (nSPS) is 11.3. The van der Waals surface area contributed by atoms with Crippen LogP contribution in [0.15, 0.2) is 32.7 Å². The average Bonchev–Trinajstić information content (AvgIpc) is 2.92. The number of benzene rings is 1. The first-order valence-electron chi connectivity index (χ1n) is 6.77. The minimum absolute atomic E-state index is 0.0567. The predicted octanol–water partition coefficient (Wildman–Crippen LogP) is 3.00. The SMILES string of the molecule is CCOc1cc(/C=C(\Sc2nnc(C)o2)C(=O)O)ccc1OC. The molecule has 1 heterocycles. The van der Waals surface area contributed by atoms with E-state index in [1.807, 2.05) is 6.92 Å². The van der Waals surface area contributed by atoms with Gasteiger partial charge in [0.05, 0.1) is 13.7 Å². The third-order valence-electron chi connectivity index (χ3n) is 2.70. The van der Waals surface area contributed by atoms with Crippen LogP contribution in [0.1, 0.15) is 18.4 Å². The van der Waals surface area contributed by atoms with Gasteiger partial charge >= 0.3 is 5.97 Å². The van der Waals surface area contributed by atoms with Crippen molar-refractivity contribution in [2.75, 3.05) is 13.7 Å². The third kappa shape index (κ3) is 4.49. The number of hydrogen-bond acceptors (Lipinski definition) is 7. The zero-order chi connectivity index (χ0) is 16.8.